The second-order valence-corrected chi connectivity index (χ2v) is 8.36. The molecule has 0 saturated carbocycles. The second-order valence-electron chi connectivity index (χ2n) is 7.35. The van der Waals surface area contributed by atoms with E-state index < -0.39 is 0 Å². The predicted molar refractivity (Wildman–Crippen MR) is 116 cm³/mol. The van der Waals surface area contributed by atoms with Crippen molar-refractivity contribution in [3.05, 3.63) is 47.5 Å². The average molecular weight is 396 g/mol. The molecule has 3 aromatic rings. The number of nitrogens with one attached hydrogen (secondary N) is 1. The van der Waals surface area contributed by atoms with E-state index in [2.05, 4.69) is 10.2 Å². The molecule has 1 fully saturated rings. The Morgan fingerprint density at radius 1 is 1.18 bits per heavy atom. The van der Waals surface area contributed by atoms with Crippen LogP contribution in [0.5, 0.6) is 5.75 Å². The number of ether oxygens (including phenoxy) is 1. The van der Waals surface area contributed by atoms with Gasteiger partial charge < -0.3 is 15.0 Å². The van der Waals surface area contributed by atoms with Crippen molar-refractivity contribution in [3.8, 4) is 5.75 Å². The first-order chi connectivity index (χ1) is 13.5. The lowest BCUT2D eigenvalue weighted by Gasteiger charge is -2.31. The fraction of sp³-hybridized carbons (Fsp3) is 0.364. The lowest BCUT2D eigenvalue weighted by atomic mass is 9.95. The number of hydrogen-bond acceptors (Lipinski definition) is 5. The third-order valence-electron chi connectivity index (χ3n) is 5.45. The van der Waals surface area contributed by atoms with E-state index in [1.54, 1.807) is 18.4 Å². The maximum atomic E-state index is 12.8. The van der Waals surface area contributed by atoms with E-state index in [0.717, 1.165) is 63.8 Å². The van der Waals surface area contributed by atoms with Crippen LogP contribution in [0.1, 0.15) is 24.0 Å². The third kappa shape index (κ3) is 3.69. The molecule has 6 heteroatoms. The Kier molecular flexibility index (Phi) is 5.22. The summed E-state index contributed by atoms with van der Waals surface area (Å²) in [6.07, 6.45) is 1.69. The van der Waals surface area contributed by atoms with Gasteiger partial charge in [0.25, 0.3) is 0 Å². The molecule has 2 aromatic carbocycles. The van der Waals surface area contributed by atoms with E-state index in [0.29, 0.717) is 0 Å². The van der Waals surface area contributed by atoms with Gasteiger partial charge in [0, 0.05) is 24.7 Å². The van der Waals surface area contributed by atoms with E-state index in [1.165, 1.54) is 0 Å². The Bertz CT molecular complexity index is 986. The van der Waals surface area contributed by atoms with E-state index in [-0.39, 0.29) is 11.8 Å². The van der Waals surface area contributed by atoms with Crippen LogP contribution in [0, 0.1) is 19.8 Å². The molecule has 2 heterocycles. The van der Waals surface area contributed by atoms with Gasteiger partial charge in [0.1, 0.15) is 5.75 Å². The molecular weight excluding hydrogens is 370 g/mol. The summed E-state index contributed by atoms with van der Waals surface area (Å²) in [4.78, 5) is 19.8. The number of nitrogens with zero attached hydrogens (tertiary/aromatic N) is 2. The highest BCUT2D eigenvalue weighted by atomic mass is 32.1. The minimum atomic E-state index is 0.0460. The van der Waals surface area contributed by atoms with E-state index in [4.69, 9.17) is 9.72 Å². The third-order valence-corrected chi connectivity index (χ3v) is 6.53. The summed E-state index contributed by atoms with van der Waals surface area (Å²) < 4.78 is 6.43. The number of fused-ring (bicyclic) bond motifs is 1. The number of rotatable bonds is 4. The number of hydrogen-bond donors (Lipinski definition) is 1. The number of amides is 1. The van der Waals surface area contributed by atoms with Crippen LogP contribution in [-0.2, 0) is 4.79 Å². The number of methoxy groups -OCH3 is 1. The molecule has 28 heavy (non-hydrogen) atoms. The zero-order valence-corrected chi connectivity index (χ0v) is 17.3. The van der Waals surface area contributed by atoms with Crippen LogP contribution >= 0.6 is 11.3 Å². The molecule has 146 valence electrons. The summed E-state index contributed by atoms with van der Waals surface area (Å²) in [6, 6.07) is 12.1. The van der Waals surface area contributed by atoms with Gasteiger partial charge in [-0.3, -0.25) is 4.79 Å². The molecule has 1 aliphatic rings. The number of aryl methyl sites for hydroxylation is 2. The molecule has 5 nitrogen and oxygen atoms in total. The number of benzene rings is 2. The van der Waals surface area contributed by atoms with Crippen molar-refractivity contribution in [1.29, 1.82) is 0 Å². The van der Waals surface area contributed by atoms with Crippen LogP contribution in [0.3, 0.4) is 0 Å². The van der Waals surface area contributed by atoms with Crippen molar-refractivity contribution in [2.24, 2.45) is 5.92 Å². The molecule has 0 bridgehead atoms. The molecule has 1 N–H and O–H groups in total. The number of aromatic nitrogens is 1. The van der Waals surface area contributed by atoms with Crippen molar-refractivity contribution in [2.45, 2.75) is 26.7 Å². The maximum Gasteiger partial charge on any atom is 0.227 e. The van der Waals surface area contributed by atoms with Crippen LogP contribution in [0.25, 0.3) is 10.2 Å². The summed E-state index contributed by atoms with van der Waals surface area (Å²) in [5.74, 6) is 1.03. The predicted octanol–water partition coefficient (Wildman–Crippen LogP) is 4.78. The number of carbonyl (C=O) groups is 1. The van der Waals surface area contributed by atoms with E-state index >= 15 is 0 Å². The van der Waals surface area contributed by atoms with Crippen LogP contribution in [0.15, 0.2) is 36.4 Å². The molecule has 4 rings (SSSR count). The average Bonchev–Trinajstić information content (AvgIpc) is 3.14. The largest absolute Gasteiger partial charge is 0.497 e. The highest BCUT2D eigenvalue weighted by Crippen LogP contribution is 2.33. The molecule has 0 unspecified atom stereocenters. The number of anilines is 2. The summed E-state index contributed by atoms with van der Waals surface area (Å²) in [5.41, 5.74) is 4.16. The number of carbonyl (C=O) groups excluding carboxylic acids is 1. The fourth-order valence-electron chi connectivity index (χ4n) is 3.72. The molecule has 1 aliphatic heterocycles. The number of piperidine rings is 1. The van der Waals surface area contributed by atoms with Gasteiger partial charge in [-0.25, -0.2) is 4.98 Å². The fourth-order valence-corrected chi connectivity index (χ4v) is 4.77. The topological polar surface area (TPSA) is 54.5 Å². The quantitative estimate of drug-likeness (QED) is 0.691. The van der Waals surface area contributed by atoms with Crippen molar-refractivity contribution in [1.82, 2.24) is 4.98 Å². The van der Waals surface area contributed by atoms with Gasteiger partial charge in [-0.15, -0.1) is 0 Å². The van der Waals surface area contributed by atoms with Crippen LogP contribution in [-0.4, -0.2) is 31.1 Å². The zero-order chi connectivity index (χ0) is 19.7. The molecule has 0 spiro atoms. The van der Waals surface area contributed by atoms with Crippen LogP contribution in [0.4, 0.5) is 10.8 Å². The van der Waals surface area contributed by atoms with E-state index in [9.17, 15) is 4.79 Å². The number of thiazole rings is 1. The normalized spacial score (nSPS) is 15.0. The van der Waals surface area contributed by atoms with Crippen molar-refractivity contribution >= 4 is 38.3 Å². The molecular formula is C22H25N3O2S. The van der Waals surface area contributed by atoms with Crippen molar-refractivity contribution in [3.63, 3.8) is 0 Å². The van der Waals surface area contributed by atoms with E-state index in [1.807, 2.05) is 50.2 Å². The molecule has 0 aliphatic carbocycles. The summed E-state index contributed by atoms with van der Waals surface area (Å²) in [6.45, 7) is 5.77. The molecule has 1 amide bonds. The SMILES string of the molecule is COc1ccc2nc(N3CCC(C(=O)Nc4c(C)cccc4C)CC3)sc2c1. The highest BCUT2D eigenvalue weighted by Gasteiger charge is 2.27. The first kappa shape index (κ1) is 18.7. The van der Waals surface area contributed by atoms with Crippen molar-refractivity contribution in [2.75, 3.05) is 30.4 Å². The zero-order valence-electron chi connectivity index (χ0n) is 16.5. The van der Waals surface area contributed by atoms with Gasteiger partial charge in [0.05, 0.1) is 17.3 Å². The first-order valence-electron chi connectivity index (χ1n) is 9.62. The molecule has 1 saturated heterocycles. The summed E-state index contributed by atoms with van der Waals surface area (Å²) >= 11 is 1.68. The molecule has 1 aromatic heterocycles. The van der Waals surface area contributed by atoms with Gasteiger partial charge in [-0.1, -0.05) is 29.5 Å². The van der Waals surface area contributed by atoms with Crippen LogP contribution in [0.2, 0.25) is 0 Å². The smallest absolute Gasteiger partial charge is 0.227 e. The first-order valence-corrected chi connectivity index (χ1v) is 10.4. The number of para-hydroxylation sites is 1. The minimum Gasteiger partial charge on any atom is -0.497 e. The lowest BCUT2D eigenvalue weighted by Crippen LogP contribution is -2.38. The Balaban J connectivity index is 1.41. The van der Waals surface area contributed by atoms with Crippen LogP contribution < -0.4 is 15.0 Å². The van der Waals surface area contributed by atoms with Gasteiger partial charge >= 0.3 is 0 Å². The Labute approximate surface area is 169 Å². The Morgan fingerprint density at radius 2 is 1.89 bits per heavy atom. The van der Waals surface area contributed by atoms with Gasteiger partial charge in [0.15, 0.2) is 5.13 Å². The lowest BCUT2D eigenvalue weighted by molar-refractivity contribution is -0.120. The highest BCUT2D eigenvalue weighted by molar-refractivity contribution is 7.22. The summed E-state index contributed by atoms with van der Waals surface area (Å²) in [5, 5.41) is 4.18. The maximum absolute atomic E-state index is 12.8. The summed E-state index contributed by atoms with van der Waals surface area (Å²) in [7, 11) is 1.68. The second kappa shape index (κ2) is 7.80. The minimum absolute atomic E-state index is 0.0460. The van der Waals surface area contributed by atoms with Crippen molar-refractivity contribution < 1.29 is 9.53 Å². The molecule has 0 radical (unpaired) electrons. The molecule has 0 atom stereocenters. The standard InChI is InChI=1S/C22H25N3O2S/c1-14-5-4-6-15(2)20(14)24-21(26)16-9-11-25(12-10-16)22-23-18-8-7-17(27-3)13-19(18)28-22/h4-8,13,16H,9-12H2,1-3H3,(H,24,26). The van der Waals surface area contributed by atoms with Gasteiger partial charge in [-0.2, -0.15) is 0 Å². The Hall–Kier alpha value is -2.60. The Morgan fingerprint density at radius 3 is 2.57 bits per heavy atom. The monoisotopic (exact) mass is 395 g/mol. The van der Waals surface area contributed by atoms with Gasteiger partial charge in [0.2, 0.25) is 5.91 Å². The van der Waals surface area contributed by atoms with Gasteiger partial charge in [-0.05, 0) is 56.0 Å².